The zero-order valence-corrected chi connectivity index (χ0v) is 16.1. The third kappa shape index (κ3) is 4.36. The molecule has 0 radical (unpaired) electrons. The molecule has 0 spiro atoms. The maximum absolute atomic E-state index is 12.6. The Hall–Kier alpha value is -1.64. The van der Waals surface area contributed by atoms with Gasteiger partial charge in [0.05, 0.1) is 11.2 Å². The van der Waals surface area contributed by atoms with E-state index >= 15 is 0 Å². The lowest BCUT2D eigenvalue weighted by atomic mass is 9.99. The summed E-state index contributed by atoms with van der Waals surface area (Å²) < 4.78 is 5.71. The van der Waals surface area contributed by atoms with Crippen molar-refractivity contribution in [2.45, 2.75) is 38.1 Å². The maximum atomic E-state index is 12.6. The average Bonchev–Trinajstić information content (AvgIpc) is 3.23. The van der Waals surface area contributed by atoms with Gasteiger partial charge < -0.3 is 14.4 Å². The summed E-state index contributed by atoms with van der Waals surface area (Å²) in [5.41, 5.74) is 0. The van der Waals surface area contributed by atoms with E-state index in [1.807, 2.05) is 4.90 Å². The van der Waals surface area contributed by atoms with Gasteiger partial charge in [-0.2, -0.15) is 0 Å². The Morgan fingerprint density at radius 1 is 1.46 bits per heavy atom. The summed E-state index contributed by atoms with van der Waals surface area (Å²) in [7, 11) is 0. The number of likely N-dealkylation sites (tertiary alicyclic amines) is 1. The number of furan rings is 1. The number of carbonyl (C=O) groups is 2. The molecule has 0 saturated carbocycles. The molecule has 1 atom stereocenters. The lowest BCUT2D eigenvalue weighted by Gasteiger charge is -2.36. The molecule has 0 bridgehead atoms. The fourth-order valence-corrected chi connectivity index (χ4v) is 4.61. The largest absolute Gasteiger partial charge is 0.465 e. The second-order valence-electron chi connectivity index (χ2n) is 6.35. The van der Waals surface area contributed by atoms with E-state index in [0.717, 1.165) is 25.8 Å². The number of thiocarbonyl (C=S) groups is 1. The van der Waals surface area contributed by atoms with E-state index in [1.165, 1.54) is 16.7 Å². The van der Waals surface area contributed by atoms with E-state index < -0.39 is 0 Å². The molecule has 1 aromatic heterocycles. The molecule has 2 fully saturated rings. The van der Waals surface area contributed by atoms with Crippen molar-refractivity contribution in [1.29, 1.82) is 0 Å². The van der Waals surface area contributed by atoms with Crippen LogP contribution in [0.25, 0.3) is 6.08 Å². The number of carbonyl (C=O) groups excluding carboxylic acids is 2. The summed E-state index contributed by atoms with van der Waals surface area (Å²) in [6.07, 6.45) is 7.07. The van der Waals surface area contributed by atoms with Crippen LogP contribution < -0.4 is 0 Å². The van der Waals surface area contributed by atoms with Crippen LogP contribution in [0, 0.1) is 0 Å². The topological polar surface area (TPSA) is 74.0 Å². The summed E-state index contributed by atoms with van der Waals surface area (Å²) >= 11 is 6.53. The highest BCUT2D eigenvalue weighted by atomic mass is 32.2. The molecule has 2 saturated heterocycles. The monoisotopic (exact) mass is 394 g/mol. The molecule has 1 N–H and O–H groups in total. The number of thioether (sulfide) groups is 1. The van der Waals surface area contributed by atoms with Gasteiger partial charge in [0.25, 0.3) is 5.91 Å². The van der Waals surface area contributed by atoms with Crippen LogP contribution in [0.2, 0.25) is 0 Å². The van der Waals surface area contributed by atoms with Gasteiger partial charge in [-0.25, -0.2) is 0 Å². The molecule has 0 unspecified atom stereocenters. The summed E-state index contributed by atoms with van der Waals surface area (Å²) in [4.78, 5) is 29.0. The Morgan fingerprint density at radius 2 is 2.31 bits per heavy atom. The van der Waals surface area contributed by atoms with Crippen molar-refractivity contribution in [2.75, 3.05) is 19.7 Å². The van der Waals surface area contributed by atoms with Gasteiger partial charge in [-0.1, -0.05) is 24.0 Å². The van der Waals surface area contributed by atoms with Gasteiger partial charge in [0.2, 0.25) is 5.91 Å². The van der Waals surface area contributed by atoms with Crippen LogP contribution in [-0.2, 0) is 9.59 Å². The van der Waals surface area contributed by atoms with Gasteiger partial charge in [-0.15, -0.1) is 0 Å². The number of hydrogen-bond donors (Lipinski definition) is 1. The van der Waals surface area contributed by atoms with Gasteiger partial charge in [-0.3, -0.25) is 14.5 Å². The number of piperidine rings is 1. The van der Waals surface area contributed by atoms with E-state index in [2.05, 4.69) is 0 Å². The van der Waals surface area contributed by atoms with Crippen LogP contribution in [0.4, 0.5) is 0 Å². The minimum Gasteiger partial charge on any atom is -0.465 e. The first-order valence-electron chi connectivity index (χ1n) is 8.79. The first-order valence-corrected chi connectivity index (χ1v) is 10.0. The molecule has 6 nitrogen and oxygen atoms in total. The fraction of sp³-hybridized carbons (Fsp3) is 0.500. The predicted octanol–water partition coefficient (Wildman–Crippen LogP) is 2.63. The summed E-state index contributed by atoms with van der Waals surface area (Å²) in [6.45, 7) is 1.09. The molecule has 0 aromatic carbocycles. The van der Waals surface area contributed by atoms with Crippen LogP contribution in [0.5, 0.6) is 0 Å². The Labute approximate surface area is 162 Å². The molecule has 1 aromatic rings. The van der Waals surface area contributed by atoms with Crippen molar-refractivity contribution in [1.82, 2.24) is 9.80 Å². The molecule has 3 heterocycles. The number of nitrogens with zero attached hydrogens (tertiary/aromatic N) is 2. The Kier molecular flexibility index (Phi) is 6.50. The first-order chi connectivity index (χ1) is 12.6. The highest BCUT2D eigenvalue weighted by Crippen LogP contribution is 2.32. The molecule has 3 rings (SSSR count). The highest BCUT2D eigenvalue weighted by Gasteiger charge is 2.33. The van der Waals surface area contributed by atoms with E-state index in [0.29, 0.717) is 21.4 Å². The molecular formula is C18H22N2O4S2. The molecule has 2 aliphatic heterocycles. The fourth-order valence-electron chi connectivity index (χ4n) is 3.32. The van der Waals surface area contributed by atoms with Crippen LogP contribution in [0.1, 0.15) is 37.9 Å². The first kappa shape index (κ1) is 19.1. The highest BCUT2D eigenvalue weighted by molar-refractivity contribution is 8.26. The Bertz CT molecular complexity index is 700. The molecule has 26 heavy (non-hydrogen) atoms. The number of hydrogen-bond acceptors (Lipinski definition) is 6. The predicted molar refractivity (Wildman–Crippen MR) is 104 cm³/mol. The normalized spacial score (nSPS) is 22.5. The standard InChI is InChI=1S/C18H22N2O4S2/c21-10-7-13-4-1-2-8-19(13)16(22)6-9-20-17(23)15(26-18(20)25)12-14-5-3-11-24-14/h3,5,11-13,21H,1-2,4,6-10H2/b15-12-/t13-/m1/s1. The summed E-state index contributed by atoms with van der Waals surface area (Å²) in [5, 5.41) is 9.20. The SMILES string of the molecule is O=C1/C(=C/c2ccco2)SC(=S)N1CCC(=O)N1CCCC[C@@H]1CCO. The van der Waals surface area contributed by atoms with Crippen molar-refractivity contribution in [3.05, 3.63) is 29.1 Å². The Morgan fingerprint density at radius 3 is 3.04 bits per heavy atom. The minimum atomic E-state index is -0.185. The number of aliphatic hydroxyl groups is 1. The van der Waals surface area contributed by atoms with Crippen molar-refractivity contribution >= 4 is 46.2 Å². The van der Waals surface area contributed by atoms with Crippen LogP contribution in [0.15, 0.2) is 27.7 Å². The third-order valence-corrected chi connectivity index (χ3v) is 6.03. The zero-order valence-electron chi connectivity index (χ0n) is 14.4. The molecule has 2 amide bonds. The van der Waals surface area contributed by atoms with E-state index in [1.54, 1.807) is 24.5 Å². The minimum absolute atomic E-state index is 0.0206. The lowest BCUT2D eigenvalue weighted by Crippen LogP contribution is -2.45. The van der Waals surface area contributed by atoms with Gasteiger partial charge >= 0.3 is 0 Å². The zero-order chi connectivity index (χ0) is 18.5. The van der Waals surface area contributed by atoms with Gasteiger partial charge in [-0.05, 0) is 37.8 Å². The quantitative estimate of drug-likeness (QED) is 0.591. The van der Waals surface area contributed by atoms with Gasteiger partial charge in [0, 0.05) is 38.2 Å². The second kappa shape index (κ2) is 8.83. The van der Waals surface area contributed by atoms with E-state index in [4.69, 9.17) is 16.6 Å². The Balaban J connectivity index is 1.59. The summed E-state index contributed by atoms with van der Waals surface area (Å²) in [5.74, 6) is 0.434. The average molecular weight is 395 g/mol. The van der Waals surface area contributed by atoms with Crippen LogP contribution in [0.3, 0.4) is 0 Å². The number of amides is 2. The lowest BCUT2D eigenvalue weighted by molar-refractivity contribution is -0.135. The van der Waals surface area contributed by atoms with Gasteiger partial charge in [0.15, 0.2) is 0 Å². The second-order valence-corrected chi connectivity index (χ2v) is 8.02. The summed E-state index contributed by atoms with van der Waals surface area (Å²) in [6, 6.07) is 3.63. The molecular weight excluding hydrogens is 372 g/mol. The van der Waals surface area contributed by atoms with Crippen molar-refractivity contribution in [3.63, 3.8) is 0 Å². The smallest absolute Gasteiger partial charge is 0.266 e. The van der Waals surface area contributed by atoms with Crippen LogP contribution >= 0.6 is 24.0 Å². The molecule has 2 aliphatic rings. The molecule has 0 aliphatic carbocycles. The van der Waals surface area contributed by atoms with Gasteiger partial charge in [0.1, 0.15) is 10.1 Å². The molecule has 8 heteroatoms. The van der Waals surface area contributed by atoms with Crippen LogP contribution in [-0.4, -0.2) is 56.8 Å². The van der Waals surface area contributed by atoms with E-state index in [9.17, 15) is 14.7 Å². The van der Waals surface area contributed by atoms with Crippen molar-refractivity contribution in [3.8, 4) is 0 Å². The number of aliphatic hydroxyl groups excluding tert-OH is 1. The van der Waals surface area contributed by atoms with Crippen molar-refractivity contribution < 1.29 is 19.1 Å². The number of rotatable bonds is 6. The molecule has 140 valence electrons. The van der Waals surface area contributed by atoms with E-state index in [-0.39, 0.29) is 37.4 Å². The van der Waals surface area contributed by atoms with Crippen molar-refractivity contribution in [2.24, 2.45) is 0 Å². The maximum Gasteiger partial charge on any atom is 0.266 e. The third-order valence-electron chi connectivity index (χ3n) is 4.65.